The van der Waals surface area contributed by atoms with Crippen LogP contribution in [0.4, 0.5) is 18.0 Å². The fraction of sp³-hybridized carbons (Fsp3) is 0.400. The van der Waals surface area contributed by atoms with Crippen molar-refractivity contribution in [2.24, 2.45) is 0 Å². The van der Waals surface area contributed by atoms with E-state index in [0.29, 0.717) is 5.56 Å². The molecule has 7 nitrogen and oxygen atoms in total. The molecular weight excluding hydrogens is 463 g/mol. The molecule has 0 heterocycles. The summed E-state index contributed by atoms with van der Waals surface area (Å²) in [4.78, 5) is 38.5. The Balaban J connectivity index is 2.24. The van der Waals surface area contributed by atoms with Crippen molar-refractivity contribution in [2.45, 2.75) is 51.1 Å². The highest BCUT2D eigenvalue weighted by Gasteiger charge is 2.39. The van der Waals surface area contributed by atoms with Crippen LogP contribution >= 0.6 is 0 Å². The van der Waals surface area contributed by atoms with Crippen LogP contribution in [0.3, 0.4) is 0 Å². The van der Waals surface area contributed by atoms with E-state index >= 15 is 0 Å². The van der Waals surface area contributed by atoms with Crippen LogP contribution in [0.2, 0.25) is 0 Å². The number of nitrogens with zero attached hydrogens (tertiary/aromatic N) is 1. The lowest BCUT2D eigenvalue weighted by molar-refractivity contribution is -0.173. The van der Waals surface area contributed by atoms with Crippen molar-refractivity contribution in [3.05, 3.63) is 71.8 Å². The van der Waals surface area contributed by atoms with Crippen LogP contribution in [-0.2, 0) is 20.7 Å². The van der Waals surface area contributed by atoms with Crippen molar-refractivity contribution >= 4 is 17.9 Å². The highest BCUT2D eigenvalue weighted by molar-refractivity contribution is 5.84. The predicted molar refractivity (Wildman–Crippen MR) is 124 cm³/mol. The van der Waals surface area contributed by atoms with Gasteiger partial charge in [0.15, 0.2) is 0 Å². The number of carbonyl (C=O) groups is 3. The van der Waals surface area contributed by atoms with E-state index in [4.69, 9.17) is 4.74 Å². The lowest BCUT2D eigenvalue weighted by Crippen LogP contribution is -2.52. The Hall–Kier alpha value is -3.56. The molecule has 0 saturated heterocycles. The summed E-state index contributed by atoms with van der Waals surface area (Å²) in [5, 5.41) is 4.46. The van der Waals surface area contributed by atoms with Crippen molar-refractivity contribution in [2.75, 3.05) is 13.6 Å². The Morgan fingerprint density at radius 1 is 0.943 bits per heavy atom. The Morgan fingerprint density at radius 2 is 1.49 bits per heavy atom. The van der Waals surface area contributed by atoms with Gasteiger partial charge in [-0.1, -0.05) is 60.7 Å². The Labute approximate surface area is 202 Å². The molecule has 2 unspecified atom stereocenters. The van der Waals surface area contributed by atoms with E-state index in [0.717, 1.165) is 10.5 Å². The van der Waals surface area contributed by atoms with Gasteiger partial charge >= 0.3 is 24.1 Å². The van der Waals surface area contributed by atoms with Crippen molar-refractivity contribution in [1.29, 1.82) is 0 Å². The quantitative estimate of drug-likeness (QED) is 0.545. The lowest BCUT2D eigenvalue weighted by Gasteiger charge is -2.31. The lowest BCUT2D eigenvalue weighted by atomic mass is 10.0. The Morgan fingerprint density at radius 3 is 2.00 bits per heavy atom. The van der Waals surface area contributed by atoms with E-state index in [1.807, 2.05) is 11.4 Å². The first kappa shape index (κ1) is 27.7. The molecule has 3 amide bonds. The minimum atomic E-state index is -5.06. The topological polar surface area (TPSA) is 87.7 Å². The molecule has 190 valence electrons. The van der Waals surface area contributed by atoms with E-state index in [1.54, 1.807) is 75.4 Å². The average molecular weight is 494 g/mol. The van der Waals surface area contributed by atoms with Crippen LogP contribution in [0.25, 0.3) is 0 Å². The zero-order chi connectivity index (χ0) is 26.2. The fourth-order valence-electron chi connectivity index (χ4n) is 3.25. The molecule has 10 heteroatoms. The molecule has 0 aliphatic carbocycles. The zero-order valence-electron chi connectivity index (χ0n) is 20.1. The first-order valence-electron chi connectivity index (χ1n) is 11.0. The van der Waals surface area contributed by atoms with Crippen LogP contribution in [-0.4, -0.2) is 54.2 Å². The van der Waals surface area contributed by atoms with Gasteiger partial charge in [-0.3, -0.25) is 4.79 Å². The molecular formula is C25H30F3N3O4. The van der Waals surface area contributed by atoms with Crippen molar-refractivity contribution < 1.29 is 32.3 Å². The number of likely N-dealkylation sites (N-methyl/N-ethyl adjacent to an activating group) is 1. The molecule has 0 fully saturated rings. The van der Waals surface area contributed by atoms with Crippen molar-refractivity contribution in [3.8, 4) is 0 Å². The number of nitrogens with one attached hydrogen (secondary N) is 2. The summed E-state index contributed by atoms with van der Waals surface area (Å²) in [7, 11) is 1.38. The smallest absolute Gasteiger partial charge is 0.458 e. The summed E-state index contributed by atoms with van der Waals surface area (Å²) in [6.45, 7) is 4.62. The summed E-state index contributed by atoms with van der Waals surface area (Å²) in [5.41, 5.74) is 0.491. The minimum absolute atomic E-state index is 0.149. The van der Waals surface area contributed by atoms with Crippen LogP contribution in [0, 0.1) is 0 Å². The number of hydrogen-bond acceptors (Lipinski definition) is 4. The number of benzene rings is 2. The first-order valence-corrected chi connectivity index (χ1v) is 11.0. The summed E-state index contributed by atoms with van der Waals surface area (Å²) < 4.78 is 43.6. The van der Waals surface area contributed by atoms with Gasteiger partial charge in [0.25, 0.3) is 0 Å². The number of hydrogen-bond donors (Lipinski definition) is 2. The molecule has 0 bridgehead atoms. The number of halogens is 3. The van der Waals surface area contributed by atoms with E-state index in [-0.39, 0.29) is 6.42 Å². The largest absolute Gasteiger partial charge is 0.471 e. The second kappa shape index (κ2) is 11.7. The number of carbonyl (C=O) groups excluding carboxylic acids is 3. The van der Waals surface area contributed by atoms with Gasteiger partial charge < -0.3 is 20.3 Å². The Bertz CT molecular complexity index is 993. The highest BCUT2D eigenvalue weighted by Crippen LogP contribution is 2.21. The number of ether oxygens (including phenoxy) is 1. The monoisotopic (exact) mass is 493 g/mol. The molecule has 35 heavy (non-hydrogen) atoms. The number of alkyl halides is 3. The summed E-state index contributed by atoms with van der Waals surface area (Å²) in [6, 6.07) is 14.6. The third-order valence-corrected chi connectivity index (χ3v) is 4.96. The molecule has 0 aliphatic heterocycles. The van der Waals surface area contributed by atoms with Crippen LogP contribution < -0.4 is 10.6 Å². The molecule has 0 aliphatic rings. The highest BCUT2D eigenvalue weighted by atomic mass is 19.4. The van der Waals surface area contributed by atoms with Crippen molar-refractivity contribution in [1.82, 2.24) is 15.5 Å². The van der Waals surface area contributed by atoms with E-state index in [9.17, 15) is 27.6 Å². The average Bonchev–Trinajstić information content (AvgIpc) is 2.78. The van der Waals surface area contributed by atoms with Crippen LogP contribution in [0.5, 0.6) is 0 Å². The van der Waals surface area contributed by atoms with Gasteiger partial charge in [-0.05, 0) is 31.9 Å². The molecule has 2 rings (SSSR count). The number of esters is 1. The maximum atomic E-state index is 13.1. The van der Waals surface area contributed by atoms with Gasteiger partial charge in [-0.25, -0.2) is 9.59 Å². The molecule has 2 aromatic rings. The minimum Gasteiger partial charge on any atom is -0.458 e. The molecule has 0 saturated carbocycles. The van der Waals surface area contributed by atoms with Gasteiger partial charge in [-0.2, -0.15) is 13.2 Å². The third kappa shape index (κ3) is 8.95. The van der Waals surface area contributed by atoms with E-state index in [1.165, 1.54) is 7.05 Å². The van der Waals surface area contributed by atoms with Crippen LogP contribution in [0.1, 0.15) is 37.9 Å². The second-order valence-corrected chi connectivity index (χ2v) is 8.97. The standard InChI is InChI=1S/C25H30F3N3O4/c1-24(2,3)35-21(32)19(15-17-11-7-5-8-12-17)30-23(34)31(4)20(18-13-9-6-10-14-18)16-29-22(33)25(26,27)28/h5-14,19-20H,15-16H2,1-4H3,(H,29,33)(H,30,34). The predicted octanol–water partition coefficient (Wildman–Crippen LogP) is 4.00. The normalized spacial score (nSPS) is 13.3. The summed E-state index contributed by atoms with van der Waals surface area (Å²) in [5.74, 6) is -2.76. The molecule has 0 spiro atoms. The van der Waals surface area contributed by atoms with E-state index < -0.39 is 48.3 Å². The summed E-state index contributed by atoms with van der Waals surface area (Å²) in [6.07, 6.45) is -4.91. The Kier molecular flexibility index (Phi) is 9.27. The number of urea groups is 1. The van der Waals surface area contributed by atoms with Gasteiger partial charge in [-0.15, -0.1) is 0 Å². The third-order valence-electron chi connectivity index (χ3n) is 4.96. The zero-order valence-corrected chi connectivity index (χ0v) is 20.1. The van der Waals surface area contributed by atoms with Gasteiger partial charge in [0.1, 0.15) is 11.6 Å². The van der Waals surface area contributed by atoms with Gasteiger partial charge in [0, 0.05) is 20.0 Å². The molecule has 2 N–H and O–H groups in total. The second-order valence-electron chi connectivity index (χ2n) is 8.97. The summed E-state index contributed by atoms with van der Waals surface area (Å²) >= 11 is 0. The van der Waals surface area contributed by atoms with Crippen LogP contribution in [0.15, 0.2) is 60.7 Å². The first-order chi connectivity index (χ1) is 16.3. The SMILES string of the molecule is CN(C(=O)NC(Cc1ccccc1)C(=O)OC(C)(C)C)C(CNC(=O)C(F)(F)F)c1ccccc1. The van der Waals surface area contributed by atoms with Gasteiger partial charge in [0.2, 0.25) is 0 Å². The molecule has 0 aromatic heterocycles. The number of amides is 3. The molecule has 2 atom stereocenters. The molecule has 2 aromatic carbocycles. The molecule has 0 radical (unpaired) electrons. The maximum absolute atomic E-state index is 13.1. The fourth-order valence-corrected chi connectivity index (χ4v) is 3.25. The van der Waals surface area contributed by atoms with Crippen molar-refractivity contribution in [3.63, 3.8) is 0 Å². The maximum Gasteiger partial charge on any atom is 0.471 e. The van der Waals surface area contributed by atoms with Gasteiger partial charge in [0.05, 0.1) is 6.04 Å². The van der Waals surface area contributed by atoms with E-state index in [2.05, 4.69) is 5.32 Å². The number of rotatable bonds is 8.